The van der Waals surface area contributed by atoms with Crippen LogP contribution in [0.15, 0.2) is 70.5 Å². The van der Waals surface area contributed by atoms with Gasteiger partial charge in [-0.1, -0.05) is 59.9 Å². The molecule has 2 rings (SSSR count). The van der Waals surface area contributed by atoms with Crippen LogP contribution in [0, 0.1) is 0 Å². The molecule has 0 bridgehead atoms. The number of thioether (sulfide) groups is 2. The van der Waals surface area contributed by atoms with Crippen molar-refractivity contribution in [2.45, 2.75) is 27.0 Å². The molecule has 0 radical (unpaired) electrons. The zero-order valence-electron chi connectivity index (χ0n) is 10.7. The van der Waals surface area contributed by atoms with Gasteiger partial charge in [-0.15, -0.1) is 0 Å². The summed E-state index contributed by atoms with van der Waals surface area (Å²) in [5.74, 6) is 0. The standard InChI is InChI=1S/C15H13F3S2/c1-14(15(16,17)18,19-12-8-4-2-5-9-12)20-13-10-6-3-7-11-13/h2-11H,1H3. The summed E-state index contributed by atoms with van der Waals surface area (Å²) in [6.07, 6.45) is -4.31. The van der Waals surface area contributed by atoms with Crippen molar-refractivity contribution in [3.05, 3.63) is 60.7 Å². The van der Waals surface area contributed by atoms with Crippen LogP contribution in [-0.4, -0.2) is 10.3 Å². The number of halogens is 3. The third-order valence-electron chi connectivity index (χ3n) is 2.63. The molecule has 0 heterocycles. The molecule has 0 N–H and O–H groups in total. The van der Waals surface area contributed by atoms with Gasteiger partial charge in [-0.3, -0.25) is 0 Å². The molecule has 2 aromatic rings. The lowest BCUT2D eigenvalue weighted by Gasteiger charge is -2.30. The Labute approximate surface area is 124 Å². The first-order chi connectivity index (χ1) is 9.41. The van der Waals surface area contributed by atoms with E-state index in [9.17, 15) is 13.2 Å². The van der Waals surface area contributed by atoms with E-state index in [0.717, 1.165) is 23.5 Å². The molecule has 0 aliphatic carbocycles. The number of benzene rings is 2. The Kier molecular flexibility index (Phi) is 4.70. The molecule has 0 atom stereocenters. The molecule has 0 saturated heterocycles. The minimum Gasteiger partial charge on any atom is -0.168 e. The molecular weight excluding hydrogens is 301 g/mol. The molecule has 0 unspecified atom stereocenters. The largest absolute Gasteiger partial charge is 0.412 e. The SMILES string of the molecule is CC(Sc1ccccc1)(Sc1ccccc1)C(F)(F)F. The number of hydrogen-bond donors (Lipinski definition) is 0. The Bertz CT molecular complexity index is 497. The third kappa shape index (κ3) is 3.73. The molecule has 0 saturated carbocycles. The Balaban J connectivity index is 2.27. The summed E-state index contributed by atoms with van der Waals surface area (Å²) in [5.41, 5.74) is 0. The van der Waals surface area contributed by atoms with E-state index in [1.807, 2.05) is 0 Å². The lowest BCUT2D eigenvalue weighted by atomic mass is 10.4. The van der Waals surface area contributed by atoms with Gasteiger partial charge >= 0.3 is 6.18 Å². The molecule has 0 nitrogen and oxygen atoms in total. The molecule has 106 valence electrons. The van der Waals surface area contributed by atoms with Gasteiger partial charge in [0.05, 0.1) is 0 Å². The predicted octanol–water partition coefficient (Wildman–Crippen LogP) is 5.85. The zero-order valence-corrected chi connectivity index (χ0v) is 12.4. The van der Waals surface area contributed by atoms with Gasteiger partial charge < -0.3 is 0 Å². The lowest BCUT2D eigenvalue weighted by Crippen LogP contribution is -2.35. The first-order valence-corrected chi connectivity index (χ1v) is 7.59. The van der Waals surface area contributed by atoms with Gasteiger partial charge in [0.2, 0.25) is 0 Å². The van der Waals surface area contributed by atoms with Gasteiger partial charge in [0.1, 0.15) is 0 Å². The summed E-state index contributed by atoms with van der Waals surface area (Å²) < 4.78 is 38.4. The highest BCUT2D eigenvalue weighted by Gasteiger charge is 2.53. The van der Waals surface area contributed by atoms with E-state index in [2.05, 4.69) is 0 Å². The van der Waals surface area contributed by atoms with Crippen LogP contribution >= 0.6 is 23.5 Å². The summed E-state index contributed by atoms with van der Waals surface area (Å²) in [6.45, 7) is 1.22. The smallest absolute Gasteiger partial charge is 0.168 e. The first kappa shape index (κ1) is 15.3. The van der Waals surface area contributed by atoms with Crippen LogP contribution < -0.4 is 0 Å². The second kappa shape index (κ2) is 6.14. The molecule has 2 aromatic carbocycles. The summed E-state index contributed by atoms with van der Waals surface area (Å²) in [4.78, 5) is 1.21. The highest BCUT2D eigenvalue weighted by molar-refractivity contribution is 8.18. The second-order valence-corrected chi connectivity index (χ2v) is 7.52. The van der Waals surface area contributed by atoms with Crippen molar-refractivity contribution in [3.8, 4) is 0 Å². The summed E-state index contributed by atoms with van der Waals surface area (Å²) >= 11 is 1.66. The Morgan fingerprint density at radius 2 is 1.05 bits per heavy atom. The van der Waals surface area contributed by atoms with Gasteiger partial charge in [0.25, 0.3) is 0 Å². The van der Waals surface area contributed by atoms with Crippen molar-refractivity contribution < 1.29 is 13.2 Å². The van der Waals surface area contributed by atoms with Crippen molar-refractivity contribution in [2.75, 3.05) is 0 Å². The number of alkyl halides is 3. The van der Waals surface area contributed by atoms with Gasteiger partial charge in [-0.05, 0) is 31.2 Å². The zero-order chi connectivity index (χ0) is 14.6. The van der Waals surface area contributed by atoms with E-state index in [1.54, 1.807) is 60.7 Å². The normalized spacial score (nSPS) is 12.4. The maximum absolute atomic E-state index is 13.4. The van der Waals surface area contributed by atoms with Crippen LogP contribution in [0.1, 0.15) is 6.92 Å². The van der Waals surface area contributed by atoms with Crippen molar-refractivity contribution in [1.82, 2.24) is 0 Å². The first-order valence-electron chi connectivity index (χ1n) is 5.95. The minimum absolute atomic E-state index is 0.607. The van der Waals surface area contributed by atoms with Crippen molar-refractivity contribution in [1.29, 1.82) is 0 Å². The molecular formula is C15H13F3S2. The van der Waals surface area contributed by atoms with Crippen molar-refractivity contribution in [3.63, 3.8) is 0 Å². The second-order valence-electron chi connectivity index (χ2n) is 4.27. The topological polar surface area (TPSA) is 0 Å². The summed E-state index contributed by atoms with van der Waals surface area (Å²) in [5, 5.41) is 0. The van der Waals surface area contributed by atoms with Crippen LogP contribution in [0.4, 0.5) is 13.2 Å². The van der Waals surface area contributed by atoms with Crippen LogP contribution in [0.3, 0.4) is 0 Å². The van der Waals surface area contributed by atoms with E-state index in [-0.39, 0.29) is 0 Å². The quantitative estimate of drug-likeness (QED) is 0.513. The fraction of sp³-hybridized carbons (Fsp3) is 0.200. The van der Waals surface area contributed by atoms with E-state index >= 15 is 0 Å². The van der Waals surface area contributed by atoms with Crippen LogP contribution in [0.25, 0.3) is 0 Å². The monoisotopic (exact) mass is 314 g/mol. The van der Waals surface area contributed by atoms with E-state index < -0.39 is 10.3 Å². The highest BCUT2D eigenvalue weighted by Crippen LogP contribution is 2.54. The number of hydrogen-bond acceptors (Lipinski definition) is 2. The summed E-state index contributed by atoms with van der Waals surface area (Å²) in [6, 6.07) is 17.3. The molecule has 0 spiro atoms. The van der Waals surface area contributed by atoms with Crippen molar-refractivity contribution in [2.24, 2.45) is 0 Å². The average Bonchev–Trinajstić information content (AvgIpc) is 2.39. The van der Waals surface area contributed by atoms with E-state index in [4.69, 9.17) is 0 Å². The maximum Gasteiger partial charge on any atom is 0.412 e. The average molecular weight is 314 g/mol. The molecule has 0 fully saturated rings. The molecule has 5 heteroatoms. The highest BCUT2D eigenvalue weighted by atomic mass is 32.2. The maximum atomic E-state index is 13.4. The lowest BCUT2D eigenvalue weighted by molar-refractivity contribution is -0.133. The van der Waals surface area contributed by atoms with Crippen molar-refractivity contribution >= 4 is 23.5 Å². The Hall–Kier alpha value is -1.07. The Morgan fingerprint density at radius 3 is 1.35 bits per heavy atom. The fourth-order valence-corrected chi connectivity index (χ4v) is 4.02. The van der Waals surface area contributed by atoms with Gasteiger partial charge in [0.15, 0.2) is 4.08 Å². The predicted molar refractivity (Wildman–Crippen MR) is 79.1 cm³/mol. The molecule has 0 amide bonds. The molecule has 20 heavy (non-hydrogen) atoms. The fourth-order valence-electron chi connectivity index (χ4n) is 1.56. The van der Waals surface area contributed by atoms with Gasteiger partial charge in [-0.2, -0.15) is 13.2 Å². The van der Waals surface area contributed by atoms with E-state index in [1.165, 1.54) is 6.92 Å². The molecule has 0 aliphatic rings. The van der Waals surface area contributed by atoms with Gasteiger partial charge in [0, 0.05) is 9.79 Å². The molecule has 0 aliphatic heterocycles. The third-order valence-corrected chi connectivity index (χ3v) is 5.38. The molecule has 0 aromatic heterocycles. The van der Waals surface area contributed by atoms with Crippen LogP contribution in [-0.2, 0) is 0 Å². The minimum atomic E-state index is -4.31. The number of rotatable bonds is 4. The van der Waals surface area contributed by atoms with E-state index in [0.29, 0.717) is 9.79 Å². The van der Waals surface area contributed by atoms with Gasteiger partial charge in [-0.25, -0.2) is 0 Å². The van der Waals surface area contributed by atoms with Crippen LogP contribution in [0.2, 0.25) is 0 Å². The Morgan fingerprint density at radius 1 is 0.700 bits per heavy atom. The van der Waals surface area contributed by atoms with Crippen LogP contribution in [0.5, 0.6) is 0 Å². The summed E-state index contributed by atoms with van der Waals surface area (Å²) in [7, 11) is 0.